The quantitative estimate of drug-likeness (QED) is 0.658. The molecule has 0 bridgehead atoms. The topological polar surface area (TPSA) is 81.1 Å². The third-order valence-electron chi connectivity index (χ3n) is 5.32. The number of aromatic nitrogens is 3. The summed E-state index contributed by atoms with van der Waals surface area (Å²) in [7, 11) is 1.90. The molecule has 7 heteroatoms. The fraction of sp³-hybridized carbons (Fsp3) is 0.375. The average molecular weight is 420 g/mol. The number of nitrogens with one attached hydrogen (secondary N) is 2. The number of rotatable bonds is 4. The number of carbonyl (C=O) groups excluding carboxylic acids is 1. The Balaban J connectivity index is 1.56. The Morgan fingerprint density at radius 3 is 2.68 bits per heavy atom. The first-order chi connectivity index (χ1) is 14.8. The van der Waals surface area contributed by atoms with Crippen LogP contribution in [0.1, 0.15) is 38.1 Å². The van der Waals surface area contributed by atoms with Crippen molar-refractivity contribution in [1.82, 2.24) is 20.1 Å². The summed E-state index contributed by atoms with van der Waals surface area (Å²) in [5.74, 6) is 0.138. The molecule has 1 aliphatic rings. The summed E-state index contributed by atoms with van der Waals surface area (Å²) in [5.41, 5.74) is 4.60. The van der Waals surface area contributed by atoms with E-state index in [0.29, 0.717) is 0 Å². The molecule has 31 heavy (non-hydrogen) atoms. The fourth-order valence-corrected chi connectivity index (χ4v) is 3.90. The van der Waals surface area contributed by atoms with Gasteiger partial charge in [-0.2, -0.15) is 5.10 Å². The van der Waals surface area contributed by atoms with E-state index in [0.717, 1.165) is 41.0 Å². The van der Waals surface area contributed by atoms with Crippen LogP contribution in [0.4, 0.5) is 10.5 Å². The van der Waals surface area contributed by atoms with E-state index in [1.54, 1.807) is 4.68 Å². The van der Waals surface area contributed by atoms with Crippen molar-refractivity contribution >= 4 is 11.8 Å². The number of nitrogens with zero attached hydrogens (tertiary/aromatic N) is 3. The predicted octanol–water partition coefficient (Wildman–Crippen LogP) is 4.33. The average Bonchev–Trinajstić information content (AvgIpc) is 3.17. The zero-order valence-electron chi connectivity index (χ0n) is 18.4. The lowest BCUT2D eigenvalue weighted by atomic mass is 9.86. The van der Waals surface area contributed by atoms with Crippen LogP contribution in [0.5, 0.6) is 0 Å². The maximum absolute atomic E-state index is 12.6. The minimum Gasteiger partial charge on any atom is -0.444 e. The number of aryl methyl sites for hydroxylation is 1. The van der Waals surface area contributed by atoms with Gasteiger partial charge in [0.25, 0.3) is 0 Å². The lowest BCUT2D eigenvalue weighted by molar-refractivity contribution is 0.0485. The molecule has 3 aromatic rings. The van der Waals surface area contributed by atoms with Crippen molar-refractivity contribution in [3.05, 3.63) is 66.2 Å². The summed E-state index contributed by atoms with van der Waals surface area (Å²) < 4.78 is 7.31. The number of anilines is 1. The molecule has 1 amide bonds. The minimum atomic E-state index is -0.549. The van der Waals surface area contributed by atoms with Gasteiger partial charge in [0.2, 0.25) is 0 Å². The lowest BCUT2D eigenvalue weighted by Crippen LogP contribution is -2.41. The molecule has 2 atom stereocenters. The molecular weight excluding hydrogens is 390 g/mol. The van der Waals surface area contributed by atoms with E-state index in [2.05, 4.69) is 21.8 Å². The van der Waals surface area contributed by atoms with Crippen LogP contribution < -0.4 is 10.6 Å². The van der Waals surface area contributed by atoms with E-state index >= 15 is 0 Å². The molecule has 4 rings (SSSR count). The van der Waals surface area contributed by atoms with Gasteiger partial charge in [-0.3, -0.25) is 9.67 Å². The second kappa shape index (κ2) is 8.41. The number of amides is 1. The molecule has 1 aromatic carbocycles. The van der Waals surface area contributed by atoms with Crippen molar-refractivity contribution in [2.45, 2.75) is 38.8 Å². The molecule has 2 aromatic heterocycles. The number of benzene rings is 1. The normalized spacial score (nSPS) is 16.7. The zero-order chi connectivity index (χ0) is 22.0. The second-order valence-electron chi connectivity index (χ2n) is 9.00. The number of pyridine rings is 1. The Bertz CT molecular complexity index is 1060. The highest BCUT2D eigenvalue weighted by atomic mass is 16.6. The van der Waals surface area contributed by atoms with Gasteiger partial charge < -0.3 is 15.4 Å². The van der Waals surface area contributed by atoms with Gasteiger partial charge in [0.05, 0.1) is 23.6 Å². The largest absolute Gasteiger partial charge is 0.444 e. The van der Waals surface area contributed by atoms with Crippen LogP contribution in [0.3, 0.4) is 0 Å². The zero-order valence-corrected chi connectivity index (χ0v) is 18.4. The predicted molar refractivity (Wildman–Crippen MR) is 121 cm³/mol. The molecule has 162 valence electrons. The molecule has 7 nitrogen and oxygen atoms in total. The van der Waals surface area contributed by atoms with Crippen molar-refractivity contribution in [3.8, 4) is 11.1 Å². The van der Waals surface area contributed by atoms with E-state index in [1.807, 2.05) is 76.7 Å². The molecule has 0 spiro atoms. The second-order valence-corrected chi connectivity index (χ2v) is 9.00. The Hall–Kier alpha value is -3.35. The Morgan fingerprint density at radius 2 is 2.00 bits per heavy atom. The van der Waals surface area contributed by atoms with Gasteiger partial charge in [-0.25, -0.2) is 4.79 Å². The fourth-order valence-electron chi connectivity index (χ4n) is 3.90. The van der Waals surface area contributed by atoms with Crippen LogP contribution in [0, 0.1) is 5.92 Å². The molecule has 0 aliphatic carbocycles. The van der Waals surface area contributed by atoms with Crippen LogP contribution in [0.15, 0.2) is 55.0 Å². The Kier molecular flexibility index (Phi) is 5.67. The van der Waals surface area contributed by atoms with Gasteiger partial charge in [-0.05, 0) is 38.8 Å². The van der Waals surface area contributed by atoms with Gasteiger partial charge >= 0.3 is 6.09 Å². The molecule has 0 saturated heterocycles. The highest BCUT2D eigenvalue weighted by Gasteiger charge is 2.31. The standard InChI is InChI=1S/C24H29N5O2/c1-24(2,3)31-23(30)28-22(16-8-6-5-7-9-16)18-11-21-20(26-13-18)10-17(12-25-21)19-14-27-29(4)15-19/h5-10,12,14-15,18,22,26H,11,13H2,1-4H3,(H,28,30)/t18?,22-/m1/s1. The van der Waals surface area contributed by atoms with Gasteiger partial charge in [0, 0.05) is 43.0 Å². The summed E-state index contributed by atoms with van der Waals surface area (Å²) in [6.07, 6.45) is 6.05. The molecule has 0 radical (unpaired) electrons. The Morgan fingerprint density at radius 1 is 1.23 bits per heavy atom. The van der Waals surface area contributed by atoms with Crippen molar-refractivity contribution < 1.29 is 9.53 Å². The summed E-state index contributed by atoms with van der Waals surface area (Å²) in [4.78, 5) is 17.3. The highest BCUT2D eigenvalue weighted by Crippen LogP contribution is 2.33. The summed E-state index contributed by atoms with van der Waals surface area (Å²) in [5, 5.41) is 10.9. The maximum Gasteiger partial charge on any atom is 0.408 e. The van der Waals surface area contributed by atoms with Crippen molar-refractivity contribution in [2.75, 3.05) is 11.9 Å². The smallest absolute Gasteiger partial charge is 0.408 e. The first-order valence-electron chi connectivity index (χ1n) is 10.5. The van der Waals surface area contributed by atoms with E-state index in [-0.39, 0.29) is 12.0 Å². The number of alkyl carbamates (subject to hydrolysis) is 1. The van der Waals surface area contributed by atoms with Gasteiger partial charge in [-0.1, -0.05) is 30.3 Å². The SMILES string of the molecule is Cn1cc(-c2cnc3c(c2)NCC([C@H](NC(=O)OC(C)(C)C)c2ccccc2)C3)cn1. The molecule has 0 saturated carbocycles. The van der Waals surface area contributed by atoms with E-state index in [4.69, 9.17) is 9.72 Å². The number of hydrogen-bond donors (Lipinski definition) is 2. The molecule has 1 aliphatic heterocycles. The van der Waals surface area contributed by atoms with Crippen molar-refractivity contribution in [1.29, 1.82) is 0 Å². The van der Waals surface area contributed by atoms with Crippen LogP contribution in [0.2, 0.25) is 0 Å². The Labute approximate surface area is 182 Å². The number of hydrogen-bond acceptors (Lipinski definition) is 5. The summed E-state index contributed by atoms with van der Waals surface area (Å²) >= 11 is 0. The maximum atomic E-state index is 12.6. The first-order valence-corrected chi connectivity index (χ1v) is 10.5. The first kappa shape index (κ1) is 20.9. The van der Waals surface area contributed by atoms with Crippen LogP contribution in [0.25, 0.3) is 11.1 Å². The third kappa shape index (κ3) is 5.05. The number of ether oxygens (including phenoxy) is 1. The molecule has 1 unspecified atom stereocenters. The van der Waals surface area contributed by atoms with Crippen molar-refractivity contribution in [3.63, 3.8) is 0 Å². The van der Waals surface area contributed by atoms with Crippen LogP contribution >= 0.6 is 0 Å². The highest BCUT2D eigenvalue weighted by molar-refractivity contribution is 5.69. The molecular formula is C24H29N5O2. The van der Waals surface area contributed by atoms with Gasteiger partial charge in [-0.15, -0.1) is 0 Å². The third-order valence-corrected chi connectivity index (χ3v) is 5.32. The van der Waals surface area contributed by atoms with Gasteiger partial charge in [0.15, 0.2) is 0 Å². The van der Waals surface area contributed by atoms with E-state index in [1.165, 1.54) is 0 Å². The molecule has 2 N–H and O–H groups in total. The van der Waals surface area contributed by atoms with E-state index < -0.39 is 11.7 Å². The lowest BCUT2D eigenvalue weighted by Gasteiger charge is -2.33. The van der Waals surface area contributed by atoms with Crippen LogP contribution in [-0.4, -0.2) is 33.0 Å². The number of fused-ring (bicyclic) bond motifs is 1. The van der Waals surface area contributed by atoms with Gasteiger partial charge in [0.1, 0.15) is 5.60 Å². The number of carbonyl (C=O) groups is 1. The van der Waals surface area contributed by atoms with E-state index in [9.17, 15) is 4.79 Å². The van der Waals surface area contributed by atoms with Crippen LogP contribution in [-0.2, 0) is 18.2 Å². The van der Waals surface area contributed by atoms with Crippen molar-refractivity contribution in [2.24, 2.45) is 13.0 Å². The molecule has 3 heterocycles. The molecule has 0 fully saturated rings. The summed E-state index contributed by atoms with van der Waals surface area (Å²) in [6.45, 7) is 6.32. The summed E-state index contributed by atoms with van der Waals surface area (Å²) in [6, 6.07) is 12.0. The minimum absolute atomic E-state index is 0.138. The monoisotopic (exact) mass is 419 g/mol.